The maximum absolute atomic E-state index is 13.5. The van der Waals surface area contributed by atoms with Gasteiger partial charge < -0.3 is 14.6 Å². The molecular weight excluding hydrogens is 302 g/mol. The fourth-order valence-electron chi connectivity index (χ4n) is 2.87. The topological polar surface area (TPSA) is 54.0 Å². The minimum Gasteiger partial charge on any atom is -0.370 e. The average molecular weight is 316 g/mol. The zero-order valence-corrected chi connectivity index (χ0v) is 12.2. The molecule has 0 radical (unpaired) electrons. The molecule has 23 heavy (non-hydrogen) atoms. The van der Waals surface area contributed by atoms with Crippen LogP contribution in [0, 0.1) is 11.6 Å². The van der Waals surface area contributed by atoms with Crippen molar-refractivity contribution < 1.29 is 13.5 Å². The van der Waals surface area contributed by atoms with E-state index in [1.165, 1.54) is 12.4 Å². The Morgan fingerprint density at radius 3 is 2.96 bits per heavy atom. The summed E-state index contributed by atoms with van der Waals surface area (Å²) in [6.45, 7) is 1.68. The van der Waals surface area contributed by atoms with E-state index in [0.29, 0.717) is 25.3 Å². The zero-order chi connectivity index (χ0) is 15.8. The number of ether oxygens (including phenoxy) is 1. The minimum atomic E-state index is -0.863. The number of halogens is 2. The lowest BCUT2D eigenvalue weighted by Gasteiger charge is -2.34. The van der Waals surface area contributed by atoms with Gasteiger partial charge in [0, 0.05) is 19.3 Å². The summed E-state index contributed by atoms with van der Waals surface area (Å²) in [6.07, 6.45) is 2.99. The van der Waals surface area contributed by atoms with Crippen LogP contribution >= 0.6 is 0 Å². The number of nitrogens with zero attached hydrogens (tertiary/aromatic N) is 3. The molecular formula is C16H14F2N4O. The Labute approximate surface area is 130 Å². The van der Waals surface area contributed by atoms with Crippen molar-refractivity contribution >= 4 is 16.9 Å². The first-order valence-corrected chi connectivity index (χ1v) is 7.32. The Bertz CT molecular complexity index is 851. The second-order valence-electron chi connectivity index (χ2n) is 5.42. The maximum atomic E-state index is 13.5. The fourth-order valence-corrected chi connectivity index (χ4v) is 2.87. The number of hydrogen-bond acceptors (Lipinski definition) is 4. The molecule has 1 aromatic carbocycles. The average Bonchev–Trinajstić information content (AvgIpc) is 3.06. The first kappa shape index (κ1) is 14.1. The van der Waals surface area contributed by atoms with E-state index in [1.807, 2.05) is 12.3 Å². The lowest BCUT2D eigenvalue weighted by molar-refractivity contribution is 0.0393. The molecule has 0 spiro atoms. The highest BCUT2D eigenvalue weighted by molar-refractivity contribution is 5.87. The molecule has 0 amide bonds. The Kier molecular flexibility index (Phi) is 3.42. The Morgan fingerprint density at radius 1 is 1.17 bits per heavy atom. The van der Waals surface area contributed by atoms with Crippen LogP contribution in [-0.2, 0) is 4.74 Å². The number of anilines is 1. The molecule has 1 N–H and O–H groups in total. The predicted octanol–water partition coefficient (Wildman–Crippen LogP) is 2.81. The molecule has 3 heterocycles. The van der Waals surface area contributed by atoms with Crippen molar-refractivity contribution in [3.05, 3.63) is 54.0 Å². The van der Waals surface area contributed by atoms with Gasteiger partial charge in [-0.25, -0.2) is 18.7 Å². The van der Waals surface area contributed by atoms with Crippen molar-refractivity contribution in [2.24, 2.45) is 0 Å². The minimum absolute atomic E-state index is 0.331. The molecule has 1 fully saturated rings. The van der Waals surface area contributed by atoms with Crippen molar-refractivity contribution in [2.75, 3.05) is 24.6 Å². The van der Waals surface area contributed by atoms with Crippen LogP contribution in [0.1, 0.15) is 11.7 Å². The highest BCUT2D eigenvalue weighted by Gasteiger charge is 2.25. The molecule has 2 aromatic heterocycles. The second-order valence-corrected chi connectivity index (χ2v) is 5.42. The van der Waals surface area contributed by atoms with Crippen molar-refractivity contribution in [3.8, 4) is 0 Å². The van der Waals surface area contributed by atoms with E-state index in [9.17, 15) is 8.78 Å². The highest BCUT2D eigenvalue weighted by Crippen LogP contribution is 2.29. The van der Waals surface area contributed by atoms with Gasteiger partial charge in [0.2, 0.25) is 0 Å². The summed E-state index contributed by atoms with van der Waals surface area (Å²) in [6, 6.07) is 5.79. The van der Waals surface area contributed by atoms with Gasteiger partial charge in [-0.1, -0.05) is 6.07 Å². The van der Waals surface area contributed by atoms with Gasteiger partial charge >= 0.3 is 0 Å². The molecule has 118 valence electrons. The molecule has 1 unspecified atom stereocenters. The maximum Gasteiger partial charge on any atom is 0.159 e. The SMILES string of the molecule is Fc1ccc(C2CN(c3ncnc4[nH]ccc34)CCO2)cc1F. The number of benzene rings is 1. The summed E-state index contributed by atoms with van der Waals surface area (Å²) in [4.78, 5) is 13.7. The molecule has 1 aliphatic rings. The molecule has 1 atom stereocenters. The number of nitrogens with one attached hydrogen (secondary N) is 1. The van der Waals surface area contributed by atoms with Crippen LogP contribution < -0.4 is 4.90 Å². The summed E-state index contributed by atoms with van der Waals surface area (Å²) in [5, 5.41) is 0.929. The van der Waals surface area contributed by atoms with Crippen LogP contribution in [0.3, 0.4) is 0 Å². The van der Waals surface area contributed by atoms with E-state index >= 15 is 0 Å². The van der Waals surface area contributed by atoms with Crippen LogP contribution in [0.4, 0.5) is 14.6 Å². The molecule has 3 aromatic rings. The number of hydrogen-bond donors (Lipinski definition) is 1. The third kappa shape index (κ3) is 2.53. The quantitative estimate of drug-likeness (QED) is 0.790. The molecule has 4 rings (SSSR count). The summed E-state index contributed by atoms with van der Waals surface area (Å²) in [5.74, 6) is -0.906. The molecule has 0 bridgehead atoms. The van der Waals surface area contributed by atoms with Gasteiger partial charge in [0.1, 0.15) is 23.9 Å². The molecule has 7 heteroatoms. The monoisotopic (exact) mass is 316 g/mol. The van der Waals surface area contributed by atoms with Crippen molar-refractivity contribution in [3.63, 3.8) is 0 Å². The smallest absolute Gasteiger partial charge is 0.159 e. The fraction of sp³-hybridized carbons (Fsp3) is 0.250. The summed E-state index contributed by atoms with van der Waals surface area (Å²) >= 11 is 0. The number of fused-ring (bicyclic) bond motifs is 1. The van der Waals surface area contributed by atoms with E-state index in [1.54, 1.807) is 6.07 Å². The van der Waals surface area contributed by atoms with Crippen molar-refractivity contribution in [1.82, 2.24) is 15.0 Å². The third-order valence-corrected chi connectivity index (χ3v) is 4.01. The van der Waals surface area contributed by atoms with Crippen molar-refractivity contribution in [2.45, 2.75) is 6.10 Å². The van der Waals surface area contributed by atoms with Crippen LogP contribution in [0.5, 0.6) is 0 Å². The number of H-pyrrole nitrogens is 1. The number of morpholine rings is 1. The second kappa shape index (κ2) is 5.58. The van der Waals surface area contributed by atoms with Gasteiger partial charge in [0.25, 0.3) is 0 Å². The number of rotatable bonds is 2. The first-order chi connectivity index (χ1) is 11.2. The predicted molar refractivity (Wildman–Crippen MR) is 81.2 cm³/mol. The lowest BCUT2D eigenvalue weighted by Crippen LogP contribution is -2.39. The van der Waals surface area contributed by atoms with Crippen LogP contribution in [-0.4, -0.2) is 34.6 Å². The molecule has 0 saturated carbocycles. The number of aromatic nitrogens is 3. The van der Waals surface area contributed by atoms with Gasteiger partial charge in [0.05, 0.1) is 12.0 Å². The van der Waals surface area contributed by atoms with E-state index in [4.69, 9.17) is 4.74 Å². The van der Waals surface area contributed by atoms with Gasteiger partial charge in [-0.2, -0.15) is 0 Å². The highest BCUT2D eigenvalue weighted by atomic mass is 19.2. The van der Waals surface area contributed by atoms with E-state index < -0.39 is 11.6 Å². The first-order valence-electron chi connectivity index (χ1n) is 7.32. The molecule has 5 nitrogen and oxygen atoms in total. The largest absolute Gasteiger partial charge is 0.370 e. The summed E-state index contributed by atoms with van der Waals surface area (Å²) < 4.78 is 32.3. The van der Waals surface area contributed by atoms with Crippen LogP contribution in [0.2, 0.25) is 0 Å². The van der Waals surface area contributed by atoms with E-state index in [-0.39, 0.29) is 6.10 Å². The van der Waals surface area contributed by atoms with Gasteiger partial charge in [-0.05, 0) is 23.8 Å². The number of aromatic amines is 1. The summed E-state index contributed by atoms with van der Waals surface area (Å²) in [7, 11) is 0. The van der Waals surface area contributed by atoms with E-state index in [0.717, 1.165) is 22.9 Å². The van der Waals surface area contributed by atoms with Crippen molar-refractivity contribution in [1.29, 1.82) is 0 Å². The van der Waals surface area contributed by atoms with Crippen LogP contribution in [0.15, 0.2) is 36.8 Å². The lowest BCUT2D eigenvalue weighted by atomic mass is 10.1. The standard InChI is InChI=1S/C16H14F2N4O/c17-12-2-1-10(7-13(12)18)14-8-22(5-6-23-14)16-11-3-4-19-15(11)20-9-21-16/h1-4,7,9,14H,5-6,8H2,(H,19,20,21). The molecule has 1 aliphatic heterocycles. The Morgan fingerprint density at radius 2 is 2.09 bits per heavy atom. The van der Waals surface area contributed by atoms with Gasteiger partial charge in [-0.15, -0.1) is 0 Å². The molecule has 1 saturated heterocycles. The van der Waals surface area contributed by atoms with E-state index in [2.05, 4.69) is 19.9 Å². The Hall–Kier alpha value is -2.54. The third-order valence-electron chi connectivity index (χ3n) is 4.01. The van der Waals surface area contributed by atoms with Crippen LogP contribution in [0.25, 0.3) is 11.0 Å². The normalized spacial score (nSPS) is 18.5. The zero-order valence-electron chi connectivity index (χ0n) is 12.2. The summed E-state index contributed by atoms with van der Waals surface area (Å²) in [5.41, 5.74) is 1.39. The molecule has 0 aliphatic carbocycles. The van der Waals surface area contributed by atoms with Gasteiger partial charge in [-0.3, -0.25) is 0 Å². The Balaban J connectivity index is 1.64. The van der Waals surface area contributed by atoms with Gasteiger partial charge in [0.15, 0.2) is 11.6 Å².